The molecule has 1 aliphatic rings. The van der Waals surface area contributed by atoms with Gasteiger partial charge in [-0.25, -0.2) is 4.98 Å². The van der Waals surface area contributed by atoms with E-state index in [9.17, 15) is 14.4 Å². The lowest BCUT2D eigenvalue weighted by Crippen LogP contribution is -2.31. The Balaban J connectivity index is 1.93. The van der Waals surface area contributed by atoms with Gasteiger partial charge in [0.1, 0.15) is 17.3 Å². The van der Waals surface area contributed by atoms with Gasteiger partial charge in [0.25, 0.3) is 5.91 Å². The van der Waals surface area contributed by atoms with E-state index in [0.29, 0.717) is 55.4 Å². The number of carboxylic acid groups (broad SMARTS) is 1. The molecule has 2 heterocycles. The summed E-state index contributed by atoms with van der Waals surface area (Å²) in [6, 6.07) is 5.45. The molecule has 234 valence electrons. The molecule has 0 radical (unpaired) electrons. The number of amides is 1. The number of hydrogen-bond acceptors (Lipinski definition) is 8. The second-order valence-corrected chi connectivity index (χ2v) is 11.7. The fraction of sp³-hybridized carbons (Fsp3) is 0.531. The zero-order valence-corrected chi connectivity index (χ0v) is 26.4. The summed E-state index contributed by atoms with van der Waals surface area (Å²) in [7, 11) is 3.48. The van der Waals surface area contributed by atoms with E-state index < -0.39 is 11.9 Å². The highest BCUT2D eigenvalue weighted by Gasteiger charge is 2.32. The van der Waals surface area contributed by atoms with Crippen LogP contribution in [0.5, 0.6) is 11.5 Å². The number of benzene rings is 1. The van der Waals surface area contributed by atoms with Crippen molar-refractivity contribution >= 4 is 29.2 Å². The van der Waals surface area contributed by atoms with E-state index in [-0.39, 0.29) is 35.7 Å². The molecule has 0 aliphatic carbocycles. The van der Waals surface area contributed by atoms with Crippen molar-refractivity contribution in [2.75, 3.05) is 45.3 Å². The highest BCUT2D eigenvalue weighted by atomic mass is 16.5. The predicted octanol–water partition coefficient (Wildman–Crippen LogP) is 4.64. The number of ketones is 1. The zero-order valence-electron chi connectivity index (χ0n) is 26.4. The van der Waals surface area contributed by atoms with E-state index in [1.165, 1.54) is 7.05 Å². The molecule has 0 atom stereocenters. The van der Waals surface area contributed by atoms with Crippen molar-refractivity contribution in [2.24, 2.45) is 0 Å². The lowest BCUT2D eigenvalue weighted by Gasteiger charge is -2.30. The smallest absolute Gasteiger partial charge is 0.303 e. The molecule has 0 saturated heterocycles. The van der Waals surface area contributed by atoms with E-state index in [1.807, 2.05) is 26.1 Å². The van der Waals surface area contributed by atoms with Crippen molar-refractivity contribution in [2.45, 2.75) is 72.3 Å². The van der Waals surface area contributed by atoms with Crippen molar-refractivity contribution < 1.29 is 29.0 Å². The third-order valence-electron chi connectivity index (χ3n) is 7.25. The van der Waals surface area contributed by atoms with Crippen molar-refractivity contribution in [3.05, 3.63) is 46.3 Å². The number of Topliss-reactive ketones (excluding diaryl/α,β-unsaturated/α-hetero) is 1. The summed E-state index contributed by atoms with van der Waals surface area (Å²) < 4.78 is 11.9. The third kappa shape index (κ3) is 8.03. The maximum absolute atomic E-state index is 13.8. The number of aromatic nitrogens is 1. The second-order valence-electron chi connectivity index (χ2n) is 11.7. The number of pyridine rings is 1. The number of anilines is 1. The minimum atomic E-state index is -0.826. The van der Waals surface area contributed by atoms with Crippen LogP contribution in [0.4, 0.5) is 5.69 Å². The molecule has 0 spiro atoms. The van der Waals surface area contributed by atoms with Gasteiger partial charge in [-0.1, -0.05) is 27.7 Å². The van der Waals surface area contributed by atoms with Crippen LogP contribution in [0.2, 0.25) is 0 Å². The lowest BCUT2D eigenvalue weighted by atomic mass is 9.84. The molecular weight excluding hydrogens is 550 g/mol. The maximum Gasteiger partial charge on any atom is 0.303 e. The fourth-order valence-corrected chi connectivity index (χ4v) is 5.02. The standard InChI is InChI=1S/C32H45N5O6/c1-8-13-36(7)23-16-20(15-22(32(3,4)5)29(23)43-14-11-10-12-26(39)40)24(38)19-37-18-21-17-25(42-9-2)28(31(41)34-6)35-27(21)30(37)33/h15-17,33H,8-14,18-19H2,1-7H3,(H,34,41)(H,39,40). The molecule has 1 amide bonds. The van der Waals surface area contributed by atoms with E-state index in [4.69, 9.17) is 20.0 Å². The summed E-state index contributed by atoms with van der Waals surface area (Å²) in [6.07, 6.45) is 2.12. The number of ether oxygens (including phenoxy) is 2. The Morgan fingerprint density at radius 2 is 1.86 bits per heavy atom. The van der Waals surface area contributed by atoms with E-state index in [1.54, 1.807) is 11.0 Å². The molecule has 0 bridgehead atoms. The first-order valence-electron chi connectivity index (χ1n) is 14.8. The fourth-order valence-electron chi connectivity index (χ4n) is 5.02. The average molecular weight is 596 g/mol. The molecule has 0 fully saturated rings. The highest BCUT2D eigenvalue weighted by molar-refractivity contribution is 6.06. The zero-order chi connectivity index (χ0) is 31.9. The third-order valence-corrected chi connectivity index (χ3v) is 7.25. The van der Waals surface area contributed by atoms with Gasteiger partial charge in [-0.15, -0.1) is 0 Å². The molecule has 0 unspecified atom stereocenters. The summed E-state index contributed by atoms with van der Waals surface area (Å²) in [6.45, 7) is 11.8. The molecule has 2 aromatic rings. The molecule has 1 aliphatic heterocycles. The van der Waals surface area contributed by atoms with Crippen LogP contribution in [0.1, 0.15) is 98.0 Å². The number of hydrogen-bond donors (Lipinski definition) is 3. The quantitative estimate of drug-likeness (QED) is 0.198. The summed E-state index contributed by atoms with van der Waals surface area (Å²) in [5.74, 6) is -0.259. The molecule has 3 N–H and O–H groups in total. The number of amidine groups is 1. The molecule has 3 rings (SSSR count). The van der Waals surface area contributed by atoms with Crippen molar-refractivity contribution in [3.63, 3.8) is 0 Å². The minimum absolute atomic E-state index is 0.0373. The summed E-state index contributed by atoms with van der Waals surface area (Å²) in [4.78, 5) is 45.3. The van der Waals surface area contributed by atoms with Crippen LogP contribution in [0.15, 0.2) is 18.2 Å². The summed E-state index contributed by atoms with van der Waals surface area (Å²) in [5.41, 5.74) is 3.04. The number of unbranched alkanes of at least 4 members (excludes halogenated alkanes) is 1. The monoisotopic (exact) mass is 595 g/mol. The minimum Gasteiger partial charge on any atom is -0.491 e. The Hall–Kier alpha value is -4.15. The van der Waals surface area contributed by atoms with Crippen molar-refractivity contribution in [1.82, 2.24) is 15.2 Å². The Labute approximate surface area is 254 Å². The first-order chi connectivity index (χ1) is 20.3. The summed E-state index contributed by atoms with van der Waals surface area (Å²) in [5, 5.41) is 20.3. The average Bonchev–Trinajstić information content (AvgIpc) is 3.24. The SMILES string of the molecule is CCCN(C)c1cc(C(=O)CN2Cc3cc(OCC)c(C(=O)NC)nc3C2=N)cc(C(C)(C)C)c1OCCCCC(=O)O. The number of aliphatic carboxylic acids is 1. The maximum atomic E-state index is 13.8. The molecule has 0 saturated carbocycles. The van der Waals surface area contributed by atoms with Gasteiger partial charge < -0.3 is 29.7 Å². The molecule has 1 aromatic carbocycles. The van der Waals surface area contributed by atoms with Gasteiger partial charge in [-0.3, -0.25) is 19.8 Å². The molecule has 11 nitrogen and oxygen atoms in total. The number of carbonyl (C=O) groups excluding carboxylic acids is 2. The molecule has 1 aromatic heterocycles. The first-order valence-corrected chi connectivity index (χ1v) is 14.8. The van der Waals surface area contributed by atoms with Crippen LogP contribution in [0.25, 0.3) is 0 Å². The van der Waals surface area contributed by atoms with Crippen LogP contribution in [-0.2, 0) is 16.8 Å². The lowest BCUT2D eigenvalue weighted by molar-refractivity contribution is -0.137. The van der Waals surface area contributed by atoms with E-state index in [0.717, 1.165) is 29.8 Å². The number of carbonyl (C=O) groups is 3. The highest BCUT2D eigenvalue weighted by Crippen LogP contribution is 2.40. The van der Waals surface area contributed by atoms with Gasteiger partial charge in [0.15, 0.2) is 17.2 Å². The van der Waals surface area contributed by atoms with Gasteiger partial charge in [0.05, 0.1) is 25.4 Å². The van der Waals surface area contributed by atoms with Gasteiger partial charge in [0.2, 0.25) is 0 Å². The predicted molar refractivity (Wildman–Crippen MR) is 166 cm³/mol. The first kappa shape index (κ1) is 33.4. The van der Waals surface area contributed by atoms with Crippen molar-refractivity contribution in [3.8, 4) is 11.5 Å². The van der Waals surface area contributed by atoms with Gasteiger partial charge in [0, 0.05) is 50.3 Å². The van der Waals surface area contributed by atoms with Crippen LogP contribution < -0.4 is 19.7 Å². The van der Waals surface area contributed by atoms with Gasteiger partial charge >= 0.3 is 5.97 Å². The second kappa shape index (κ2) is 14.3. The van der Waals surface area contributed by atoms with Crippen LogP contribution in [-0.4, -0.2) is 78.9 Å². The number of nitrogens with one attached hydrogen (secondary N) is 2. The molecule has 43 heavy (non-hydrogen) atoms. The number of fused-ring (bicyclic) bond motifs is 1. The van der Waals surface area contributed by atoms with Crippen LogP contribution >= 0.6 is 0 Å². The number of nitrogens with zero attached hydrogens (tertiary/aromatic N) is 3. The molecular formula is C32H45N5O6. The Kier molecular flexibility index (Phi) is 11.1. The van der Waals surface area contributed by atoms with E-state index >= 15 is 0 Å². The number of carboxylic acids is 1. The van der Waals surface area contributed by atoms with Crippen LogP contribution in [0.3, 0.4) is 0 Å². The topological polar surface area (TPSA) is 145 Å². The van der Waals surface area contributed by atoms with Gasteiger partial charge in [-0.2, -0.15) is 0 Å². The van der Waals surface area contributed by atoms with Gasteiger partial charge in [-0.05, 0) is 49.8 Å². The van der Waals surface area contributed by atoms with Crippen LogP contribution in [0, 0.1) is 5.41 Å². The Morgan fingerprint density at radius 1 is 1.14 bits per heavy atom. The van der Waals surface area contributed by atoms with Crippen molar-refractivity contribution in [1.29, 1.82) is 5.41 Å². The number of rotatable bonds is 15. The van der Waals surface area contributed by atoms with E-state index in [2.05, 4.69) is 42.9 Å². The summed E-state index contributed by atoms with van der Waals surface area (Å²) >= 11 is 0. The normalized spacial score (nSPS) is 12.6. The Bertz CT molecular complexity index is 1370. The largest absolute Gasteiger partial charge is 0.491 e. The Morgan fingerprint density at radius 3 is 2.47 bits per heavy atom. The molecule has 11 heteroatoms.